The molecular weight excluding hydrogens is 293 g/mol. The van der Waals surface area contributed by atoms with Gasteiger partial charge < -0.3 is 0 Å². The Morgan fingerprint density at radius 3 is 2.50 bits per heavy atom. The van der Waals surface area contributed by atoms with Gasteiger partial charge in [-0.2, -0.15) is 0 Å². The van der Waals surface area contributed by atoms with Crippen molar-refractivity contribution in [2.75, 3.05) is 10.5 Å². The number of anilines is 1. The van der Waals surface area contributed by atoms with Gasteiger partial charge in [0.1, 0.15) is 4.49 Å². The standard InChI is InChI=1S/C9H8Cl3NO2S/c10-7-3-1-2-4-8(7)13-16(14,15)6-5-9(11)12/h1-5,13H,6H2. The lowest BCUT2D eigenvalue weighted by atomic mass is 10.3. The second kappa shape index (κ2) is 5.77. The normalized spacial score (nSPS) is 10.9. The van der Waals surface area contributed by atoms with Crippen molar-refractivity contribution in [3.8, 4) is 0 Å². The summed E-state index contributed by atoms with van der Waals surface area (Å²) in [5.41, 5.74) is 0.322. The molecule has 0 saturated heterocycles. The minimum atomic E-state index is -3.53. The van der Waals surface area contributed by atoms with Crippen molar-refractivity contribution in [3.63, 3.8) is 0 Å². The molecule has 0 aliphatic rings. The zero-order chi connectivity index (χ0) is 12.2. The van der Waals surface area contributed by atoms with Crippen LogP contribution < -0.4 is 4.72 Å². The third kappa shape index (κ3) is 4.61. The predicted octanol–water partition coefficient (Wildman–Crippen LogP) is 3.40. The minimum absolute atomic E-state index is 0.0930. The van der Waals surface area contributed by atoms with E-state index in [0.29, 0.717) is 10.7 Å². The maximum atomic E-state index is 11.5. The largest absolute Gasteiger partial charge is 0.282 e. The van der Waals surface area contributed by atoms with Gasteiger partial charge in [-0.1, -0.05) is 46.9 Å². The topological polar surface area (TPSA) is 46.2 Å². The predicted molar refractivity (Wildman–Crippen MR) is 68.7 cm³/mol. The molecule has 0 aliphatic carbocycles. The van der Waals surface area contributed by atoms with E-state index in [4.69, 9.17) is 34.8 Å². The molecule has 1 rings (SSSR count). The molecule has 3 nitrogen and oxygen atoms in total. The molecule has 7 heteroatoms. The number of sulfonamides is 1. The van der Waals surface area contributed by atoms with Gasteiger partial charge >= 0.3 is 0 Å². The van der Waals surface area contributed by atoms with Crippen LogP contribution in [-0.4, -0.2) is 14.2 Å². The average molecular weight is 301 g/mol. The number of benzene rings is 1. The summed E-state index contributed by atoms with van der Waals surface area (Å²) in [7, 11) is -3.53. The molecule has 0 heterocycles. The maximum absolute atomic E-state index is 11.5. The van der Waals surface area contributed by atoms with Crippen molar-refractivity contribution in [3.05, 3.63) is 39.9 Å². The quantitative estimate of drug-likeness (QED) is 0.926. The number of hydrogen-bond donors (Lipinski definition) is 1. The van der Waals surface area contributed by atoms with Crippen LogP contribution in [0.4, 0.5) is 5.69 Å². The summed E-state index contributed by atoms with van der Waals surface area (Å²) in [6.45, 7) is 0. The van der Waals surface area contributed by atoms with Crippen LogP contribution >= 0.6 is 34.8 Å². The SMILES string of the molecule is O=S(=O)(CC=C(Cl)Cl)Nc1ccccc1Cl. The summed E-state index contributed by atoms with van der Waals surface area (Å²) in [6.07, 6.45) is 1.18. The fourth-order valence-electron chi connectivity index (χ4n) is 0.926. The molecule has 1 N–H and O–H groups in total. The Balaban J connectivity index is 2.82. The van der Waals surface area contributed by atoms with Crippen LogP contribution in [-0.2, 0) is 10.0 Å². The first kappa shape index (κ1) is 13.6. The van der Waals surface area contributed by atoms with Crippen LogP contribution in [0.5, 0.6) is 0 Å². The van der Waals surface area contributed by atoms with Crippen LogP contribution in [0.25, 0.3) is 0 Å². The first-order chi connectivity index (χ1) is 7.41. The van der Waals surface area contributed by atoms with E-state index in [0.717, 1.165) is 0 Å². The van der Waals surface area contributed by atoms with Crippen LogP contribution in [0.1, 0.15) is 0 Å². The van der Waals surface area contributed by atoms with E-state index in [1.165, 1.54) is 6.08 Å². The van der Waals surface area contributed by atoms with Gasteiger partial charge in [-0.25, -0.2) is 8.42 Å². The third-order valence-electron chi connectivity index (χ3n) is 1.60. The second-order valence-electron chi connectivity index (χ2n) is 2.86. The highest BCUT2D eigenvalue weighted by atomic mass is 35.5. The summed E-state index contributed by atoms with van der Waals surface area (Å²) in [5.74, 6) is -0.305. The lowest BCUT2D eigenvalue weighted by molar-refractivity contribution is 0.604. The Bertz CT molecular complexity index is 495. The molecule has 88 valence electrons. The molecule has 1 aromatic carbocycles. The second-order valence-corrected chi connectivity index (χ2v) is 6.04. The molecule has 0 radical (unpaired) electrons. The fraction of sp³-hybridized carbons (Fsp3) is 0.111. The van der Waals surface area contributed by atoms with Crippen molar-refractivity contribution in [1.29, 1.82) is 0 Å². The van der Waals surface area contributed by atoms with Crippen LogP contribution in [0.2, 0.25) is 5.02 Å². The smallest absolute Gasteiger partial charge is 0.236 e. The van der Waals surface area contributed by atoms with E-state index in [2.05, 4.69) is 4.72 Å². The molecule has 0 aliphatic heterocycles. The van der Waals surface area contributed by atoms with E-state index < -0.39 is 10.0 Å². The highest BCUT2D eigenvalue weighted by molar-refractivity contribution is 7.92. The van der Waals surface area contributed by atoms with Gasteiger partial charge in [0.25, 0.3) is 0 Å². The lowest BCUT2D eigenvalue weighted by Crippen LogP contribution is -2.15. The molecular formula is C9H8Cl3NO2S. The summed E-state index contributed by atoms with van der Waals surface area (Å²) < 4.78 is 25.3. The maximum Gasteiger partial charge on any atom is 0.236 e. The van der Waals surface area contributed by atoms with E-state index in [1.807, 2.05) is 0 Å². The summed E-state index contributed by atoms with van der Waals surface area (Å²) >= 11 is 16.5. The minimum Gasteiger partial charge on any atom is -0.282 e. The number of hydrogen-bond acceptors (Lipinski definition) is 2. The van der Waals surface area contributed by atoms with Crippen molar-refractivity contribution < 1.29 is 8.42 Å². The van der Waals surface area contributed by atoms with Crippen LogP contribution in [0, 0.1) is 0 Å². The van der Waals surface area contributed by atoms with Gasteiger partial charge in [-0.15, -0.1) is 0 Å². The summed E-state index contributed by atoms with van der Waals surface area (Å²) in [4.78, 5) is 0. The average Bonchev–Trinajstić information content (AvgIpc) is 2.19. The molecule has 0 fully saturated rings. The van der Waals surface area contributed by atoms with Gasteiger partial charge in [0.2, 0.25) is 10.0 Å². The Morgan fingerprint density at radius 2 is 1.94 bits per heavy atom. The van der Waals surface area contributed by atoms with Gasteiger partial charge in [0.15, 0.2) is 0 Å². The number of nitrogens with one attached hydrogen (secondary N) is 1. The third-order valence-corrected chi connectivity index (χ3v) is 3.37. The highest BCUT2D eigenvalue weighted by Gasteiger charge is 2.10. The van der Waals surface area contributed by atoms with Gasteiger partial charge in [0.05, 0.1) is 16.5 Å². The lowest BCUT2D eigenvalue weighted by Gasteiger charge is -2.07. The molecule has 0 aromatic heterocycles. The highest BCUT2D eigenvalue weighted by Crippen LogP contribution is 2.21. The summed E-state index contributed by atoms with van der Waals surface area (Å²) in [5, 5.41) is 0.326. The fourth-order valence-corrected chi connectivity index (χ4v) is 2.48. The molecule has 0 spiro atoms. The van der Waals surface area contributed by atoms with Gasteiger partial charge in [-0.3, -0.25) is 4.72 Å². The van der Waals surface area contributed by atoms with Crippen molar-refractivity contribution in [2.45, 2.75) is 0 Å². The Kier molecular flexibility index (Phi) is 4.92. The first-order valence-electron chi connectivity index (χ1n) is 4.17. The van der Waals surface area contributed by atoms with Crippen LogP contribution in [0.3, 0.4) is 0 Å². The summed E-state index contributed by atoms with van der Waals surface area (Å²) in [6, 6.07) is 6.53. The Hall–Kier alpha value is -0.420. The molecule has 0 bridgehead atoms. The zero-order valence-electron chi connectivity index (χ0n) is 7.95. The number of para-hydroxylation sites is 1. The zero-order valence-corrected chi connectivity index (χ0v) is 11.0. The molecule has 1 aromatic rings. The monoisotopic (exact) mass is 299 g/mol. The molecule has 0 saturated carbocycles. The van der Waals surface area contributed by atoms with Crippen molar-refractivity contribution in [1.82, 2.24) is 0 Å². The molecule has 0 amide bonds. The van der Waals surface area contributed by atoms with Gasteiger partial charge in [-0.05, 0) is 18.2 Å². The Morgan fingerprint density at radius 1 is 1.31 bits per heavy atom. The van der Waals surface area contributed by atoms with Crippen LogP contribution in [0.15, 0.2) is 34.8 Å². The number of halogens is 3. The van der Waals surface area contributed by atoms with E-state index in [1.54, 1.807) is 24.3 Å². The first-order valence-corrected chi connectivity index (χ1v) is 6.95. The van der Waals surface area contributed by atoms with Crippen molar-refractivity contribution >= 4 is 50.5 Å². The molecule has 0 unspecified atom stereocenters. The number of rotatable bonds is 4. The molecule has 16 heavy (non-hydrogen) atoms. The van der Waals surface area contributed by atoms with E-state index in [9.17, 15) is 8.42 Å². The molecule has 0 atom stereocenters. The Labute approximate surface area is 109 Å². The van der Waals surface area contributed by atoms with Crippen molar-refractivity contribution in [2.24, 2.45) is 0 Å². The van der Waals surface area contributed by atoms with E-state index >= 15 is 0 Å². The van der Waals surface area contributed by atoms with E-state index in [-0.39, 0.29) is 10.2 Å². The van der Waals surface area contributed by atoms with Gasteiger partial charge in [0, 0.05) is 0 Å².